The number of nitro benzene ring substituents is 1. The van der Waals surface area contributed by atoms with E-state index in [4.69, 9.17) is 0 Å². The summed E-state index contributed by atoms with van der Waals surface area (Å²) in [6.07, 6.45) is -2.89. The Morgan fingerprint density at radius 1 is 1.40 bits per heavy atom. The summed E-state index contributed by atoms with van der Waals surface area (Å²) < 4.78 is 49.4. The highest BCUT2D eigenvalue weighted by Crippen LogP contribution is 2.26. The molecular formula is C10H13F2N3O4S. The van der Waals surface area contributed by atoms with Gasteiger partial charge in [0.25, 0.3) is 12.1 Å². The maximum atomic E-state index is 12.1. The number of anilines is 1. The molecule has 0 aromatic heterocycles. The minimum absolute atomic E-state index is 0.343. The number of sulfonamides is 1. The first-order valence-corrected chi connectivity index (χ1v) is 7.06. The second kappa shape index (κ2) is 6.57. The van der Waals surface area contributed by atoms with Gasteiger partial charge in [0.05, 0.1) is 11.5 Å². The Morgan fingerprint density at radius 2 is 2.05 bits per heavy atom. The number of alkyl halides is 2. The number of benzene rings is 1. The van der Waals surface area contributed by atoms with Gasteiger partial charge in [-0.2, -0.15) is 0 Å². The number of nitrogens with one attached hydrogen (secondary N) is 2. The fraction of sp³-hybridized carbons (Fsp3) is 0.400. The standard InChI is InChI=1S/C10H13F2N3O4S/c1-2-13-7-3-4-8(15(16)17)9(5-7)20(18,19)14-6-10(11)12/h3-5,10,13-14H,2,6H2,1H3. The Morgan fingerprint density at radius 3 is 2.55 bits per heavy atom. The number of hydrogen-bond donors (Lipinski definition) is 2. The lowest BCUT2D eigenvalue weighted by Crippen LogP contribution is -2.29. The van der Waals surface area contributed by atoms with Crippen molar-refractivity contribution in [1.82, 2.24) is 4.72 Å². The molecule has 0 radical (unpaired) electrons. The molecule has 0 bridgehead atoms. The molecule has 7 nitrogen and oxygen atoms in total. The lowest BCUT2D eigenvalue weighted by Gasteiger charge is -2.09. The largest absolute Gasteiger partial charge is 0.385 e. The summed E-state index contributed by atoms with van der Waals surface area (Å²) in [5.74, 6) is 0. The smallest absolute Gasteiger partial charge is 0.289 e. The summed E-state index contributed by atoms with van der Waals surface area (Å²) in [5, 5.41) is 13.6. The molecule has 0 aliphatic rings. The van der Waals surface area contributed by atoms with E-state index >= 15 is 0 Å². The second-order valence-electron chi connectivity index (χ2n) is 3.71. The number of hydrogen-bond acceptors (Lipinski definition) is 5. The molecule has 1 aromatic carbocycles. The normalized spacial score (nSPS) is 11.6. The van der Waals surface area contributed by atoms with Crippen molar-refractivity contribution in [3.8, 4) is 0 Å². The SMILES string of the molecule is CCNc1ccc([N+](=O)[O-])c(S(=O)(=O)NCC(F)F)c1. The van der Waals surface area contributed by atoms with Crippen molar-refractivity contribution in [1.29, 1.82) is 0 Å². The third-order valence-electron chi connectivity index (χ3n) is 2.25. The van der Waals surface area contributed by atoms with Crippen LogP contribution < -0.4 is 10.0 Å². The topological polar surface area (TPSA) is 101 Å². The van der Waals surface area contributed by atoms with Crippen molar-refractivity contribution in [2.75, 3.05) is 18.4 Å². The van der Waals surface area contributed by atoms with E-state index in [0.717, 1.165) is 12.1 Å². The Balaban J connectivity index is 3.24. The van der Waals surface area contributed by atoms with Crippen LogP contribution in [0.3, 0.4) is 0 Å². The summed E-state index contributed by atoms with van der Waals surface area (Å²) in [7, 11) is -4.38. The molecule has 1 rings (SSSR count). The highest BCUT2D eigenvalue weighted by Gasteiger charge is 2.26. The van der Waals surface area contributed by atoms with Crippen LogP contribution in [0.2, 0.25) is 0 Å². The highest BCUT2D eigenvalue weighted by atomic mass is 32.2. The van der Waals surface area contributed by atoms with Crippen molar-refractivity contribution >= 4 is 21.4 Å². The second-order valence-corrected chi connectivity index (χ2v) is 5.45. The van der Waals surface area contributed by atoms with Crippen LogP contribution in [0, 0.1) is 10.1 Å². The van der Waals surface area contributed by atoms with Crippen molar-refractivity contribution < 1.29 is 22.1 Å². The van der Waals surface area contributed by atoms with Crippen molar-refractivity contribution in [2.24, 2.45) is 0 Å². The molecule has 0 saturated carbocycles. The maximum Gasteiger partial charge on any atom is 0.289 e. The molecular weight excluding hydrogens is 296 g/mol. The van der Waals surface area contributed by atoms with E-state index in [9.17, 15) is 27.3 Å². The molecule has 0 amide bonds. The van der Waals surface area contributed by atoms with Crippen molar-refractivity contribution in [3.05, 3.63) is 28.3 Å². The van der Waals surface area contributed by atoms with Crippen LogP contribution in [-0.2, 0) is 10.0 Å². The highest BCUT2D eigenvalue weighted by molar-refractivity contribution is 7.89. The monoisotopic (exact) mass is 309 g/mol. The first-order chi connectivity index (χ1) is 9.27. The van der Waals surface area contributed by atoms with Gasteiger partial charge in [0, 0.05) is 18.3 Å². The predicted molar refractivity (Wildman–Crippen MR) is 68.5 cm³/mol. The van der Waals surface area contributed by atoms with Gasteiger partial charge in [0.15, 0.2) is 4.90 Å². The number of halogens is 2. The van der Waals surface area contributed by atoms with Gasteiger partial charge in [-0.3, -0.25) is 10.1 Å². The van der Waals surface area contributed by atoms with Crippen molar-refractivity contribution in [2.45, 2.75) is 18.2 Å². The lowest BCUT2D eigenvalue weighted by atomic mass is 10.3. The zero-order valence-corrected chi connectivity index (χ0v) is 11.3. The summed E-state index contributed by atoms with van der Waals surface area (Å²) in [4.78, 5) is 9.29. The van der Waals surface area contributed by atoms with Gasteiger partial charge >= 0.3 is 0 Å². The van der Waals surface area contributed by atoms with Gasteiger partial charge in [0.1, 0.15) is 0 Å². The molecule has 0 heterocycles. The summed E-state index contributed by atoms with van der Waals surface area (Å²) in [6.45, 7) is 1.12. The van der Waals surface area contributed by atoms with Crippen LogP contribution in [0.1, 0.15) is 6.92 Å². The van der Waals surface area contributed by atoms with Crippen LogP contribution in [0.15, 0.2) is 23.1 Å². The summed E-state index contributed by atoms with van der Waals surface area (Å²) in [5.41, 5.74) is -0.330. The predicted octanol–water partition coefficient (Wildman–Crippen LogP) is 1.57. The van der Waals surface area contributed by atoms with E-state index in [1.54, 1.807) is 11.6 Å². The molecule has 20 heavy (non-hydrogen) atoms. The zero-order valence-electron chi connectivity index (χ0n) is 10.5. The first kappa shape index (κ1) is 16.2. The fourth-order valence-corrected chi connectivity index (χ4v) is 2.65. The van der Waals surface area contributed by atoms with Gasteiger partial charge < -0.3 is 5.32 Å². The summed E-state index contributed by atoms with van der Waals surface area (Å²) in [6, 6.07) is 3.39. The quantitative estimate of drug-likeness (QED) is 0.588. The van der Waals surface area contributed by atoms with Gasteiger partial charge in [0.2, 0.25) is 10.0 Å². The third-order valence-corrected chi connectivity index (χ3v) is 3.71. The van der Waals surface area contributed by atoms with E-state index in [-0.39, 0.29) is 0 Å². The first-order valence-electron chi connectivity index (χ1n) is 5.58. The lowest BCUT2D eigenvalue weighted by molar-refractivity contribution is -0.387. The molecule has 0 fully saturated rings. The molecule has 0 aliphatic carbocycles. The van der Waals surface area contributed by atoms with Crippen LogP contribution >= 0.6 is 0 Å². The minimum atomic E-state index is -4.38. The van der Waals surface area contributed by atoms with Gasteiger partial charge in [-0.25, -0.2) is 21.9 Å². The molecule has 0 unspecified atom stereocenters. The third kappa shape index (κ3) is 4.10. The zero-order chi connectivity index (χ0) is 15.3. The van der Waals surface area contributed by atoms with Crippen LogP contribution in [-0.4, -0.2) is 32.9 Å². The fourth-order valence-electron chi connectivity index (χ4n) is 1.44. The number of nitro groups is 1. The summed E-state index contributed by atoms with van der Waals surface area (Å²) >= 11 is 0. The van der Waals surface area contributed by atoms with E-state index in [0.29, 0.717) is 12.2 Å². The van der Waals surface area contributed by atoms with Crippen LogP contribution in [0.5, 0.6) is 0 Å². The molecule has 0 aliphatic heterocycles. The Labute approximate surface area is 114 Å². The number of nitrogens with zero attached hydrogens (tertiary/aromatic N) is 1. The molecule has 2 N–H and O–H groups in total. The van der Waals surface area contributed by atoms with Gasteiger partial charge in [-0.1, -0.05) is 0 Å². The average Bonchev–Trinajstić information content (AvgIpc) is 2.36. The van der Waals surface area contributed by atoms with Gasteiger partial charge in [-0.05, 0) is 19.1 Å². The Kier molecular flexibility index (Phi) is 5.34. The van der Waals surface area contributed by atoms with Crippen LogP contribution in [0.25, 0.3) is 0 Å². The van der Waals surface area contributed by atoms with E-state index in [2.05, 4.69) is 5.32 Å². The molecule has 0 spiro atoms. The van der Waals surface area contributed by atoms with Crippen molar-refractivity contribution in [3.63, 3.8) is 0 Å². The molecule has 0 atom stereocenters. The molecule has 10 heteroatoms. The minimum Gasteiger partial charge on any atom is -0.385 e. The Bertz CT molecular complexity index is 592. The van der Waals surface area contributed by atoms with Crippen LogP contribution in [0.4, 0.5) is 20.2 Å². The molecule has 0 saturated heterocycles. The molecule has 1 aromatic rings. The van der Waals surface area contributed by atoms with E-state index in [1.165, 1.54) is 6.07 Å². The Hall–Kier alpha value is -1.81. The maximum absolute atomic E-state index is 12.1. The number of rotatable bonds is 7. The average molecular weight is 309 g/mol. The van der Waals surface area contributed by atoms with E-state index in [1.807, 2.05) is 0 Å². The van der Waals surface area contributed by atoms with E-state index < -0.39 is 38.5 Å². The molecule has 112 valence electrons. The van der Waals surface area contributed by atoms with Gasteiger partial charge in [-0.15, -0.1) is 0 Å².